The number of aryl methyl sites for hydroxylation is 2. The molecular weight excluding hydrogens is 546 g/mol. The fourth-order valence-electron chi connectivity index (χ4n) is 6.11. The van der Waals surface area contributed by atoms with Gasteiger partial charge in [0.25, 0.3) is 5.56 Å². The van der Waals surface area contributed by atoms with Gasteiger partial charge in [-0.25, -0.2) is 4.98 Å². The second-order valence-corrected chi connectivity index (χ2v) is 13.0. The SMILES string of the molecule is CCc1nc(C)n(Cc2cc3c(s2)C(C)(C)N([O])C3(C)C)c(=O)c1Cc1ccc(-c2ccccc2-c2nn[nH]n2)cc1. The first-order valence-corrected chi connectivity index (χ1v) is 15.0. The van der Waals surface area contributed by atoms with Gasteiger partial charge < -0.3 is 0 Å². The van der Waals surface area contributed by atoms with E-state index in [1.165, 1.54) is 5.06 Å². The molecule has 0 spiro atoms. The van der Waals surface area contributed by atoms with E-state index in [2.05, 4.69) is 51.0 Å². The van der Waals surface area contributed by atoms with Crippen molar-refractivity contribution in [1.82, 2.24) is 35.2 Å². The Morgan fingerprint density at radius 2 is 1.69 bits per heavy atom. The summed E-state index contributed by atoms with van der Waals surface area (Å²) in [6.45, 7) is 12.2. The van der Waals surface area contributed by atoms with Crippen molar-refractivity contribution < 1.29 is 5.21 Å². The molecule has 0 aliphatic carbocycles. The summed E-state index contributed by atoms with van der Waals surface area (Å²) in [7, 11) is 0. The van der Waals surface area contributed by atoms with Crippen LogP contribution in [0.5, 0.6) is 0 Å². The van der Waals surface area contributed by atoms with Crippen molar-refractivity contribution in [3.63, 3.8) is 0 Å². The highest BCUT2D eigenvalue weighted by molar-refractivity contribution is 7.12. The van der Waals surface area contributed by atoms with Crippen molar-refractivity contribution in [3.05, 3.63) is 103 Å². The summed E-state index contributed by atoms with van der Waals surface area (Å²) in [4.78, 5) is 21.0. The van der Waals surface area contributed by atoms with Crippen LogP contribution in [0.15, 0.2) is 59.4 Å². The van der Waals surface area contributed by atoms with Crippen LogP contribution in [0, 0.1) is 6.92 Å². The number of aromatic amines is 1. The van der Waals surface area contributed by atoms with E-state index >= 15 is 0 Å². The summed E-state index contributed by atoms with van der Waals surface area (Å²) in [6, 6.07) is 18.3. The zero-order valence-corrected chi connectivity index (χ0v) is 25.5. The van der Waals surface area contributed by atoms with Crippen LogP contribution >= 0.6 is 11.3 Å². The molecule has 1 aliphatic rings. The first-order valence-electron chi connectivity index (χ1n) is 14.1. The standard InChI is InChI=1S/C32H34N7O2S/c1-7-27-25(16-20-12-14-21(15-13-20)23-10-8-9-11-24(23)29-34-36-37-35-29)30(40)38(19(2)33-27)18-22-17-26-28(42-22)32(5,6)39(41)31(26,3)4/h8-15,17H,7,16,18H2,1-6H3,(H,34,35,36,37). The zero-order valence-electron chi connectivity index (χ0n) is 24.7. The number of fused-ring (bicyclic) bond motifs is 1. The van der Waals surface area contributed by atoms with Crippen LogP contribution in [0.1, 0.15) is 72.6 Å². The highest BCUT2D eigenvalue weighted by Crippen LogP contribution is 2.52. The average Bonchev–Trinajstić information content (AvgIpc) is 3.70. The number of nitrogens with zero attached hydrogens (tertiary/aromatic N) is 6. The Morgan fingerprint density at radius 3 is 2.33 bits per heavy atom. The van der Waals surface area contributed by atoms with Crippen molar-refractivity contribution in [1.29, 1.82) is 0 Å². The van der Waals surface area contributed by atoms with E-state index in [1.54, 1.807) is 15.9 Å². The van der Waals surface area contributed by atoms with Crippen molar-refractivity contribution >= 4 is 11.3 Å². The Balaban J connectivity index is 1.31. The molecule has 9 nitrogen and oxygen atoms in total. The molecule has 1 N–H and O–H groups in total. The lowest BCUT2D eigenvalue weighted by Crippen LogP contribution is -2.41. The Morgan fingerprint density at radius 1 is 0.976 bits per heavy atom. The number of hydrogen-bond acceptors (Lipinski definition) is 7. The normalized spacial score (nSPS) is 15.7. The number of aromatic nitrogens is 6. The van der Waals surface area contributed by atoms with Crippen molar-refractivity contribution in [2.24, 2.45) is 0 Å². The Bertz CT molecular complexity index is 1790. The maximum absolute atomic E-state index is 14.0. The second-order valence-electron chi connectivity index (χ2n) is 11.9. The molecule has 1 aliphatic heterocycles. The van der Waals surface area contributed by atoms with E-state index < -0.39 is 11.1 Å². The van der Waals surface area contributed by atoms with Crippen LogP contribution in [-0.2, 0) is 35.7 Å². The van der Waals surface area contributed by atoms with E-state index in [4.69, 9.17) is 4.98 Å². The molecule has 1 radical (unpaired) electrons. The molecule has 0 bridgehead atoms. The van der Waals surface area contributed by atoms with Crippen LogP contribution in [0.2, 0.25) is 0 Å². The van der Waals surface area contributed by atoms with Gasteiger partial charge in [-0.15, -0.1) is 31.8 Å². The molecule has 2 aromatic carbocycles. The molecule has 0 unspecified atom stereocenters. The van der Waals surface area contributed by atoms with Crippen LogP contribution in [-0.4, -0.2) is 35.2 Å². The molecular formula is C32H34N7O2S. The van der Waals surface area contributed by atoms with Gasteiger partial charge in [-0.05, 0) is 74.6 Å². The minimum absolute atomic E-state index is 0.0107. The van der Waals surface area contributed by atoms with Gasteiger partial charge in [-0.3, -0.25) is 9.36 Å². The van der Waals surface area contributed by atoms with Gasteiger partial charge in [0.1, 0.15) is 5.82 Å². The van der Waals surface area contributed by atoms with Crippen molar-refractivity contribution in [2.75, 3.05) is 0 Å². The number of hydroxylamine groups is 2. The highest BCUT2D eigenvalue weighted by Gasteiger charge is 2.51. The molecule has 0 saturated heterocycles. The van der Waals surface area contributed by atoms with Crippen LogP contribution in [0.25, 0.3) is 22.5 Å². The predicted octanol–water partition coefficient (Wildman–Crippen LogP) is 5.79. The molecule has 4 heterocycles. The lowest BCUT2D eigenvalue weighted by atomic mass is 9.96. The molecule has 0 amide bonds. The Hall–Kier alpha value is -3.99. The summed E-state index contributed by atoms with van der Waals surface area (Å²) in [6.07, 6.45) is 1.17. The van der Waals surface area contributed by atoms with Gasteiger partial charge in [-0.2, -0.15) is 5.21 Å². The third-order valence-corrected chi connectivity index (χ3v) is 9.79. The Kier molecular flexibility index (Phi) is 6.95. The van der Waals surface area contributed by atoms with E-state index in [-0.39, 0.29) is 5.56 Å². The summed E-state index contributed by atoms with van der Waals surface area (Å²) < 4.78 is 1.78. The van der Waals surface area contributed by atoms with Gasteiger partial charge in [-0.1, -0.05) is 55.5 Å². The van der Waals surface area contributed by atoms with Gasteiger partial charge in [0.2, 0.25) is 5.82 Å². The first-order chi connectivity index (χ1) is 20.0. The summed E-state index contributed by atoms with van der Waals surface area (Å²) in [5, 5.41) is 28.7. The maximum Gasteiger partial charge on any atom is 0.257 e. The smallest absolute Gasteiger partial charge is 0.257 e. The number of nitrogens with one attached hydrogen (secondary N) is 1. The first kappa shape index (κ1) is 28.1. The highest BCUT2D eigenvalue weighted by atomic mass is 32.1. The summed E-state index contributed by atoms with van der Waals surface area (Å²) >= 11 is 1.62. The van der Waals surface area contributed by atoms with Gasteiger partial charge >= 0.3 is 0 Å². The molecule has 0 saturated carbocycles. The lowest BCUT2D eigenvalue weighted by molar-refractivity contribution is -0.265. The van der Waals surface area contributed by atoms with E-state index in [9.17, 15) is 10.0 Å². The molecule has 3 aromatic heterocycles. The monoisotopic (exact) mass is 580 g/mol. The maximum atomic E-state index is 14.0. The predicted molar refractivity (Wildman–Crippen MR) is 162 cm³/mol. The zero-order chi connectivity index (χ0) is 29.8. The topological polar surface area (TPSA) is 112 Å². The summed E-state index contributed by atoms with van der Waals surface area (Å²) in [5.41, 5.74) is 5.35. The number of H-pyrrole nitrogens is 1. The lowest BCUT2D eigenvalue weighted by Gasteiger charge is -2.32. The number of rotatable bonds is 7. The van der Waals surface area contributed by atoms with E-state index in [1.807, 2.05) is 65.8 Å². The number of hydrogen-bond donors (Lipinski definition) is 1. The van der Waals surface area contributed by atoms with Crippen LogP contribution in [0.3, 0.4) is 0 Å². The third-order valence-electron chi connectivity index (χ3n) is 8.36. The third kappa shape index (κ3) is 4.59. The van der Waals surface area contributed by atoms with Crippen LogP contribution in [0.4, 0.5) is 0 Å². The van der Waals surface area contributed by atoms with Crippen LogP contribution < -0.4 is 5.56 Å². The van der Waals surface area contributed by atoms with Crippen molar-refractivity contribution in [2.45, 2.75) is 72.0 Å². The molecule has 10 heteroatoms. The molecule has 6 rings (SSSR count). The number of tetrazole rings is 1. The average molecular weight is 581 g/mol. The fourth-order valence-corrected chi connectivity index (χ4v) is 7.49. The molecule has 215 valence electrons. The molecule has 5 aromatic rings. The molecule has 0 fully saturated rings. The molecule has 0 atom stereocenters. The molecule has 42 heavy (non-hydrogen) atoms. The quantitative estimate of drug-likeness (QED) is 0.261. The van der Waals surface area contributed by atoms with Crippen molar-refractivity contribution in [3.8, 4) is 22.5 Å². The minimum atomic E-state index is -0.610. The van der Waals surface area contributed by atoms with Gasteiger partial charge in [0.05, 0.1) is 23.3 Å². The number of thiophene rings is 1. The minimum Gasteiger partial charge on any atom is -0.291 e. The van der Waals surface area contributed by atoms with E-state index in [0.29, 0.717) is 31.0 Å². The van der Waals surface area contributed by atoms with Gasteiger partial charge in [0.15, 0.2) is 0 Å². The fraction of sp³-hybridized carbons (Fsp3) is 0.344. The Labute approximate surface area is 248 Å². The number of benzene rings is 2. The largest absolute Gasteiger partial charge is 0.291 e. The summed E-state index contributed by atoms with van der Waals surface area (Å²) in [5.74, 6) is 1.24. The van der Waals surface area contributed by atoms with E-state index in [0.717, 1.165) is 48.8 Å². The second kappa shape index (κ2) is 10.4. The van der Waals surface area contributed by atoms with Gasteiger partial charge in [0, 0.05) is 27.3 Å².